The Bertz CT molecular complexity index is 563. The van der Waals surface area contributed by atoms with E-state index in [-0.39, 0.29) is 18.3 Å². The van der Waals surface area contributed by atoms with Crippen molar-refractivity contribution in [3.05, 3.63) is 35.6 Å². The van der Waals surface area contributed by atoms with Crippen molar-refractivity contribution in [2.24, 2.45) is 0 Å². The van der Waals surface area contributed by atoms with Crippen LogP contribution in [0.4, 0.5) is 4.39 Å². The van der Waals surface area contributed by atoms with Gasteiger partial charge in [0.2, 0.25) is 0 Å². The number of likely N-dealkylation sites (tertiary alicyclic amines) is 1. The van der Waals surface area contributed by atoms with Crippen LogP contribution in [0.5, 0.6) is 0 Å². The standard InChI is InChI=1S/C17H23FN2O3/c18-15-5-2-1-4-14(15)12-20-7-3-6-17(22,16(20)21)13-19-8-10-23-11-9-19/h1-2,4-5,22H,3,6-13H2. The molecule has 0 aromatic heterocycles. The molecule has 0 radical (unpaired) electrons. The van der Waals surface area contributed by atoms with Gasteiger partial charge in [-0.15, -0.1) is 0 Å². The molecule has 0 bridgehead atoms. The highest BCUT2D eigenvalue weighted by Gasteiger charge is 2.43. The second-order valence-electron chi connectivity index (χ2n) is 6.34. The minimum Gasteiger partial charge on any atom is -0.379 e. The summed E-state index contributed by atoms with van der Waals surface area (Å²) in [6.45, 7) is 3.79. The van der Waals surface area contributed by atoms with Crippen molar-refractivity contribution in [1.82, 2.24) is 9.80 Å². The zero-order valence-electron chi connectivity index (χ0n) is 13.2. The van der Waals surface area contributed by atoms with Gasteiger partial charge < -0.3 is 14.7 Å². The number of β-amino-alcohol motifs (C(OH)–C–C–N with tert-alkyl or cyclic N) is 1. The van der Waals surface area contributed by atoms with Crippen molar-refractivity contribution in [3.63, 3.8) is 0 Å². The number of rotatable bonds is 4. The summed E-state index contributed by atoms with van der Waals surface area (Å²) in [5, 5.41) is 10.8. The van der Waals surface area contributed by atoms with Gasteiger partial charge in [0.15, 0.2) is 5.60 Å². The van der Waals surface area contributed by atoms with Crippen molar-refractivity contribution in [3.8, 4) is 0 Å². The maximum Gasteiger partial charge on any atom is 0.256 e. The lowest BCUT2D eigenvalue weighted by atomic mass is 9.90. The molecule has 1 aromatic carbocycles. The number of piperidine rings is 1. The molecule has 1 aromatic rings. The Morgan fingerprint density at radius 3 is 2.70 bits per heavy atom. The van der Waals surface area contributed by atoms with Crippen LogP contribution in [-0.2, 0) is 16.1 Å². The monoisotopic (exact) mass is 322 g/mol. The Balaban J connectivity index is 1.68. The van der Waals surface area contributed by atoms with Crippen molar-refractivity contribution in [2.45, 2.75) is 25.0 Å². The summed E-state index contributed by atoms with van der Waals surface area (Å²) < 4.78 is 19.1. The molecule has 2 aliphatic rings. The van der Waals surface area contributed by atoms with Gasteiger partial charge in [-0.25, -0.2) is 4.39 Å². The number of morpholine rings is 1. The summed E-state index contributed by atoms with van der Waals surface area (Å²) in [4.78, 5) is 16.4. The number of nitrogens with zero attached hydrogens (tertiary/aromatic N) is 2. The third kappa shape index (κ3) is 3.71. The quantitative estimate of drug-likeness (QED) is 0.899. The number of carbonyl (C=O) groups is 1. The summed E-state index contributed by atoms with van der Waals surface area (Å²) >= 11 is 0. The van der Waals surface area contributed by atoms with E-state index in [0.29, 0.717) is 38.3 Å². The number of halogens is 1. The van der Waals surface area contributed by atoms with Crippen molar-refractivity contribution >= 4 is 5.91 Å². The molecular weight excluding hydrogens is 299 g/mol. The van der Waals surface area contributed by atoms with Crippen LogP contribution >= 0.6 is 0 Å². The van der Waals surface area contributed by atoms with Crippen LogP contribution in [0.15, 0.2) is 24.3 Å². The van der Waals surface area contributed by atoms with E-state index in [2.05, 4.69) is 4.90 Å². The van der Waals surface area contributed by atoms with Gasteiger partial charge in [0.05, 0.1) is 13.2 Å². The average molecular weight is 322 g/mol. The summed E-state index contributed by atoms with van der Waals surface area (Å²) in [5.74, 6) is -0.610. The van der Waals surface area contributed by atoms with Crippen LogP contribution in [0.1, 0.15) is 18.4 Å². The second kappa shape index (κ2) is 6.95. The van der Waals surface area contributed by atoms with E-state index in [1.807, 2.05) is 0 Å². The molecule has 23 heavy (non-hydrogen) atoms. The lowest BCUT2D eigenvalue weighted by molar-refractivity contribution is -0.161. The first-order valence-corrected chi connectivity index (χ1v) is 8.14. The Morgan fingerprint density at radius 1 is 1.22 bits per heavy atom. The molecule has 2 heterocycles. The maximum absolute atomic E-state index is 13.8. The van der Waals surface area contributed by atoms with E-state index in [1.165, 1.54) is 6.07 Å². The van der Waals surface area contributed by atoms with Gasteiger partial charge in [0.25, 0.3) is 5.91 Å². The molecule has 1 unspecified atom stereocenters. The smallest absolute Gasteiger partial charge is 0.256 e. The number of amides is 1. The highest BCUT2D eigenvalue weighted by Crippen LogP contribution is 2.26. The van der Waals surface area contributed by atoms with Crippen molar-refractivity contribution in [1.29, 1.82) is 0 Å². The topological polar surface area (TPSA) is 53.0 Å². The van der Waals surface area contributed by atoms with E-state index in [4.69, 9.17) is 4.74 Å². The van der Waals surface area contributed by atoms with Crippen molar-refractivity contribution in [2.75, 3.05) is 39.4 Å². The number of aliphatic hydroxyl groups is 1. The molecule has 5 nitrogen and oxygen atoms in total. The molecular formula is C17H23FN2O3. The molecule has 0 aliphatic carbocycles. The molecule has 2 saturated heterocycles. The lowest BCUT2D eigenvalue weighted by Gasteiger charge is -2.41. The van der Waals surface area contributed by atoms with E-state index in [9.17, 15) is 14.3 Å². The highest BCUT2D eigenvalue weighted by atomic mass is 19.1. The predicted octanol–water partition coefficient (Wildman–Crippen LogP) is 1.01. The number of carbonyl (C=O) groups excluding carboxylic acids is 1. The predicted molar refractivity (Wildman–Crippen MR) is 83.3 cm³/mol. The molecule has 0 saturated carbocycles. The molecule has 126 valence electrons. The zero-order valence-corrected chi connectivity index (χ0v) is 13.2. The first-order chi connectivity index (χ1) is 11.1. The fourth-order valence-corrected chi connectivity index (χ4v) is 3.32. The first kappa shape index (κ1) is 16.4. The average Bonchev–Trinajstić information content (AvgIpc) is 2.55. The molecule has 6 heteroatoms. The van der Waals surface area contributed by atoms with Gasteiger partial charge in [-0.05, 0) is 18.9 Å². The molecule has 2 fully saturated rings. The second-order valence-corrected chi connectivity index (χ2v) is 6.34. The Morgan fingerprint density at radius 2 is 1.96 bits per heavy atom. The van der Waals surface area contributed by atoms with Crippen LogP contribution in [0.2, 0.25) is 0 Å². The van der Waals surface area contributed by atoms with Crippen LogP contribution < -0.4 is 0 Å². The Labute approximate surface area is 135 Å². The maximum atomic E-state index is 13.8. The third-order valence-corrected chi connectivity index (χ3v) is 4.61. The van der Waals surface area contributed by atoms with Crippen LogP contribution in [0.3, 0.4) is 0 Å². The van der Waals surface area contributed by atoms with Gasteiger partial charge in [0.1, 0.15) is 5.82 Å². The molecule has 1 amide bonds. The fraction of sp³-hybridized carbons (Fsp3) is 0.588. The summed E-state index contributed by atoms with van der Waals surface area (Å²) in [5.41, 5.74) is -0.891. The molecule has 1 atom stereocenters. The molecule has 3 rings (SSSR count). The first-order valence-electron chi connectivity index (χ1n) is 8.14. The number of ether oxygens (including phenoxy) is 1. The van der Waals surface area contributed by atoms with Crippen LogP contribution in [0.25, 0.3) is 0 Å². The molecule has 1 N–H and O–H groups in total. The third-order valence-electron chi connectivity index (χ3n) is 4.61. The van der Waals surface area contributed by atoms with Crippen LogP contribution in [-0.4, -0.2) is 65.8 Å². The lowest BCUT2D eigenvalue weighted by Crippen LogP contribution is -2.59. The van der Waals surface area contributed by atoms with Gasteiger partial charge in [-0.1, -0.05) is 18.2 Å². The van der Waals surface area contributed by atoms with Gasteiger partial charge in [-0.2, -0.15) is 0 Å². The number of hydrogen-bond acceptors (Lipinski definition) is 4. The number of benzene rings is 1. The summed E-state index contributed by atoms with van der Waals surface area (Å²) in [6.07, 6.45) is 1.18. The van der Waals surface area contributed by atoms with E-state index < -0.39 is 5.60 Å². The van der Waals surface area contributed by atoms with Gasteiger partial charge in [-0.3, -0.25) is 9.69 Å². The molecule has 2 aliphatic heterocycles. The summed E-state index contributed by atoms with van der Waals surface area (Å²) in [7, 11) is 0. The van der Waals surface area contributed by atoms with Gasteiger partial charge in [0, 0.05) is 38.3 Å². The number of hydrogen-bond donors (Lipinski definition) is 1. The van der Waals surface area contributed by atoms with Crippen LogP contribution in [0, 0.1) is 5.82 Å². The van der Waals surface area contributed by atoms with Gasteiger partial charge >= 0.3 is 0 Å². The largest absolute Gasteiger partial charge is 0.379 e. The minimum atomic E-state index is -1.37. The molecule has 0 spiro atoms. The van der Waals surface area contributed by atoms with E-state index in [0.717, 1.165) is 19.5 Å². The zero-order chi connectivity index (χ0) is 16.3. The summed E-state index contributed by atoms with van der Waals surface area (Å²) in [6, 6.07) is 6.46. The minimum absolute atomic E-state index is 0.205. The van der Waals surface area contributed by atoms with Crippen molar-refractivity contribution < 1.29 is 19.0 Å². The SMILES string of the molecule is O=C1N(Cc2ccccc2F)CCCC1(O)CN1CCOCC1. The van der Waals surface area contributed by atoms with E-state index in [1.54, 1.807) is 23.1 Å². The van der Waals surface area contributed by atoms with E-state index >= 15 is 0 Å². The highest BCUT2D eigenvalue weighted by molar-refractivity contribution is 5.86. The Kier molecular flexibility index (Phi) is 4.94. The normalized spacial score (nSPS) is 26.5. The Hall–Kier alpha value is -1.50. The fourth-order valence-electron chi connectivity index (χ4n) is 3.32.